The molecule has 0 N–H and O–H groups in total. The molecular formula is C60H36BF16O4-. The largest absolute Gasteiger partial charge is 0.294 e. The summed E-state index contributed by atoms with van der Waals surface area (Å²) in [7, 11) is 0. The number of carbonyl (C=O) groups excluding carboxylic acids is 4. The van der Waals surface area contributed by atoms with Gasteiger partial charge in [-0.05, 0) is 22.3 Å². The van der Waals surface area contributed by atoms with Gasteiger partial charge in [0.1, 0.15) is 52.7 Å². The van der Waals surface area contributed by atoms with E-state index in [1.54, 1.807) is 0 Å². The van der Waals surface area contributed by atoms with E-state index in [0.717, 1.165) is 48.5 Å². The van der Waals surface area contributed by atoms with Crippen LogP contribution in [-0.4, -0.2) is 29.3 Å². The Kier molecular flexibility index (Phi) is 16.3. The molecule has 416 valence electrons. The fourth-order valence-corrected chi connectivity index (χ4v) is 10.1. The molecule has 0 unspecified atom stereocenters. The molecule has 4 nitrogen and oxygen atoms in total. The first-order valence-electron chi connectivity index (χ1n) is 24.5. The summed E-state index contributed by atoms with van der Waals surface area (Å²) < 4.78 is 280. The zero-order chi connectivity index (χ0) is 59.4. The van der Waals surface area contributed by atoms with Crippen molar-refractivity contribution in [1.29, 1.82) is 0 Å². The Balaban J connectivity index is 1.64. The van der Waals surface area contributed by atoms with E-state index in [4.69, 9.17) is 0 Å². The van der Waals surface area contributed by atoms with Crippen LogP contribution in [-0.2, 0) is 0 Å². The Morgan fingerprint density at radius 3 is 0.506 bits per heavy atom. The smallest absolute Gasteiger partial charge is 0.166 e. The number of halogens is 16. The number of rotatable bonds is 16. The molecule has 8 aromatic carbocycles. The summed E-state index contributed by atoms with van der Waals surface area (Å²) >= 11 is 0. The van der Waals surface area contributed by atoms with E-state index < -0.39 is 189 Å². The SMILES string of the molecule is CCC(=O)c1ccc(-c2c(F)c(F)c([B-](c3c(F)c(F)c(-c4ccc(C(=O)CC)cc4)c(F)c3F)(c3c(F)c(F)c(-c4ccc(C(=O)CC)cc4)c(F)c3F)c3c(F)c(F)c(-c4ccc(C(=O)CC)cc4)c(F)c3F)c(F)c2F)cc1. The summed E-state index contributed by atoms with van der Waals surface area (Å²) in [6.07, 6.45) is -7.74. The Morgan fingerprint density at radius 1 is 0.247 bits per heavy atom. The third-order valence-electron chi connectivity index (χ3n) is 14.2. The minimum Gasteiger partial charge on any atom is -0.294 e. The lowest BCUT2D eigenvalue weighted by Gasteiger charge is -2.45. The normalized spacial score (nSPS) is 11.6. The van der Waals surface area contributed by atoms with Crippen molar-refractivity contribution in [3.05, 3.63) is 212 Å². The molecule has 0 saturated carbocycles. The fraction of sp³-hybridized carbons (Fsp3) is 0.133. The van der Waals surface area contributed by atoms with Crippen LogP contribution >= 0.6 is 0 Å². The van der Waals surface area contributed by atoms with Crippen LogP contribution in [0.3, 0.4) is 0 Å². The van der Waals surface area contributed by atoms with E-state index in [-0.39, 0.29) is 47.9 Å². The number of carbonyl (C=O) groups is 4. The second kappa shape index (κ2) is 22.5. The van der Waals surface area contributed by atoms with Crippen molar-refractivity contribution in [1.82, 2.24) is 0 Å². The summed E-state index contributed by atoms with van der Waals surface area (Å²) in [6, 6.07) is 12.2. The summed E-state index contributed by atoms with van der Waals surface area (Å²) in [5.74, 6) is -51.6. The quantitative estimate of drug-likeness (QED) is 0.0418. The van der Waals surface area contributed by atoms with E-state index in [0.29, 0.717) is 48.5 Å². The van der Waals surface area contributed by atoms with Crippen LogP contribution in [0.5, 0.6) is 0 Å². The molecule has 0 heterocycles. The van der Waals surface area contributed by atoms with Crippen LogP contribution in [0.25, 0.3) is 44.5 Å². The molecule has 0 aliphatic heterocycles. The highest BCUT2D eigenvalue weighted by atomic mass is 19.2. The molecule has 0 aromatic heterocycles. The molecule has 8 aromatic rings. The zero-order valence-corrected chi connectivity index (χ0v) is 42.3. The third-order valence-corrected chi connectivity index (χ3v) is 14.2. The van der Waals surface area contributed by atoms with Gasteiger partial charge in [-0.1, -0.05) is 125 Å². The second-order valence-electron chi connectivity index (χ2n) is 18.5. The monoisotopic (exact) mass is 1140 g/mol. The predicted molar refractivity (Wildman–Crippen MR) is 270 cm³/mol. The van der Waals surface area contributed by atoms with Gasteiger partial charge in [-0.3, -0.25) is 19.2 Å². The second-order valence-corrected chi connectivity index (χ2v) is 18.5. The molecule has 0 saturated heterocycles. The van der Waals surface area contributed by atoms with Crippen molar-refractivity contribution in [2.45, 2.75) is 53.4 Å². The molecule has 0 aliphatic rings. The molecular weight excluding hydrogens is 1100 g/mol. The molecule has 0 amide bonds. The molecule has 0 atom stereocenters. The van der Waals surface area contributed by atoms with E-state index >= 15 is 70.2 Å². The number of ketones is 4. The summed E-state index contributed by atoms with van der Waals surface area (Å²) in [6.45, 7) is 5.59. The van der Waals surface area contributed by atoms with Gasteiger partial charge in [0.2, 0.25) is 0 Å². The van der Waals surface area contributed by atoms with Gasteiger partial charge in [0, 0.05) is 47.9 Å². The molecule has 81 heavy (non-hydrogen) atoms. The molecule has 8 rings (SSSR count). The Labute approximate surface area is 449 Å². The number of hydrogen-bond acceptors (Lipinski definition) is 4. The zero-order valence-electron chi connectivity index (χ0n) is 42.3. The van der Waals surface area contributed by atoms with E-state index in [9.17, 15) is 19.2 Å². The van der Waals surface area contributed by atoms with Gasteiger partial charge in [-0.25, -0.2) is 70.2 Å². The molecule has 21 heteroatoms. The Bertz CT molecular complexity index is 3310. The first kappa shape index (κ1) is 58.5. The van der Waals surface area contributed by atoms with Crippen molar-refractivity contribution in [2.24, 2.45) is 0 Å². The van der Waals surface area contributed by atoms with Crippen molar-refractivity contribution < 1.29 is 89.4 Å². The fourth-order valence-electron chi connectivity index (χ4n) is 10.1. The lowest BCUT2D eigenvalue weighted by Crippen LogP contribution is -2.81. The van der Waals surface area contributed by atoms with E-state index in [1.165, 1.54) is 27.7 Å². The highest BCUT2D eigenvalue weighted by Crippen LogP contribution is 2.39. The molecule has 0 bridgehead atoms. The van der Waals surface area contributed by atoms with Crippen LogP contribution < -0.4 is 21.9 Å². The highest BCUT2D eigenvalue weighted by Gasteiger charge is 2.52. The lowest BCUT2D eigenvalue weighted by atomic mass is 9.12. The van der Waals surface area contributed by atoms with Crippen LogP contribution in [0.15, 0.2) is 97.1 Å². The minimum absolute atomic E-state index is 0.158. The molecule has 0 spiro atoms. The summed E-state index contributed by atoms with van der Waals surface area (Å²) in [5, 5.41) is 0. The Hall–Kier alpha value is -8.62. The van der Waals surface area contributed by atoms with E-state index in [1.807, 2.05) is 0 Å². The van der Waals surface area contributed by atoms with Crippen molar-refractivity contribution in [2.75, 3.05) is 0 Å². The summed E-state index contributed by atoms with van der Waals surface area (Å²) in [5.41, 5.74) is -24.8. The van der Waals surface area contributed by atoms with E-state index in [2.05, 4.69) is 0 Å². The topological polar surface area (TPSA) is 68.3 Å². The number of benzene rings is 8. The number of hydrogen-bond donors (Lipinski definition) is 0. The van der Waals surface area contributed by atoms with Crippen molar-refractivity contribution in [3.63, 3.8) is 0 Å². The van der Waals surface area contributed by atoms with Gasteiger partial charge in [0.25, 0.3) is 0 Å². The van der Waals surface area contributed by atoms with Crippen LogP contribution in [0.2, 0.25) is 0 Å². The standard InChI is InChI=1S/C60H36BF16O4/c1-5-33(78)25-9-17-29(18-10-25)37-45(62)53(70)41(54(71)46(37)63)61(42-55(72)47(64)38(48(65)56(42)73)30-19-11-26(12-20-30)34(79)6-2,43-57(74)49(66)39(50(67)58(43)75)31-21-13-27(14-22-31)35(80)7-3)44-59(76)51(68)40(52(69)60(44)77)32-23-15-28(16-24-32)36(81)8-4/h9-24H,5-8H2,1-4H3/q-1. The van der Waals surface area contributed by atoms with Gasteiger partial charge >= 0.3 is 0 Å². The third kappa shape index (κ3) is 9.38. The van der Waals surface area contributed by atoms with Crippen LogP contribution in [0.1, 0.15) is 94.8 Å². The van der Waals surface area contributed by atoms with Gasteiger partial charge < -0.3 is 0 Å². The van der Waals surface area contributed by atoms with Gasteiger partial charge in [0.15, 0.2) is 69.7 Å². The first-order valence-corrected chi connectivity index (χ1v) is 24.5. The molecule has 0 fully saturated rings. The summed E-state index contributed by atoms with van der Waals surface area (Å²) in [4.78, 5) is 49.5. The van der Waals surface area contributed by atoms with Gasteiger partial charge in [-0.2, -0.15) is 0 Å². The molecule has 0 radical (unpaired) electrons. The highest BCUT2D eigenvalue weighted by molar-refractivity contribution is 7.20. The minimum atomic E-state index is -7.10. The van der Waals surface area contributed by atoms with Crippen LogP contribution in [0, 0.1) is 93.1 Å². The predicted octanol–water partition coefficient (Wildman–Crippen LogP) is 14.3. The average molecular weight is 1140 g/mol. The van der Waals surface area contributed by atoms with Crippen molar-refractivity contribution >= 4 is 51.1 Å². The maximum Gasteiger partial charge on any atom is 0.166 e. The Morgan fingerprint density at radius 2 is 0.383 bits per heavy atom. The lowest BCUT2D eigenvalue weighted by molar-refractivity contribution is 0.0980. The maximum absolute atomic E-state index is 17.8. The van der Waals surface area contributed by atoms with Crippen molar-refractivity contribution in [3.8, 4) is 44.5 Å². The number of Topliss-reactive ketones (excluding diaryl/α,β-unsaturated/α-hetero) is 4. The van der Waals surface area contributed by atoms with Gasteiger partial charge in [0.05, 0.1) is 22.3 Å². The van der Waals surface area contributed by atoms with Gasteiger partial charge in [-0.15, -0.1) is 21.9 Å². The van der Waals surface area contributed by atoms with Crippen LogP contribution in [0.4, 0.5) is 70.2 Å². The maximum atomic E-state index is 17.8. The average Bonchev–Trinajstić information content (AvgIpc) is 3.49. The molecule has 0 aliphatic carbocycles. The first-order chi connectivity index (χ1) is 38.4.